The van der Waals surface area contributed by atoms with Crippen LogP contribution in [0.4, 0.5) is 11.8 Å². The van der Waals surface area contributed by atoms with Gasteiger partial charge in [-0.2, -0.15) is 0 Å². The average molecular weight is 460 g/mol. The molecule has 0 saturated heterocycles. The topological polar surface area (TPSA) is 73.9 Å². The van der Waals surface area contributed by atoms with Gasteiger partial charge in [-0.15, -0.1) is 0 Å². The van der Waals surface area contributed by atoms with Crippen LogP contribution in [0.3, 0.4) is 0 Å². The van der Waals surface area contributed by atoms with Crippen molar-refractivity contribution in [2.24, 2.45) is 0 Å². The Bertz CT molecular complexity index is 1200. The van der Waals surface area contributed by atoms with E-state index in [0.29, 0.717) is 29.5 Å². The van der Waals surface area contributed by atoms with E-state index >= 15 is 0 Å². The third-order valence-corrected chi connectivity index (χ3v) is 5.52. The van der Waals surface area contributed by atoms with E-state index in [1.165, 1.54) is 5.56 Å². The number of anilines is 2. The Morgan fingerprint density at radius 1 is 0.909 bits per heavy atom. The number of aromatic amines is 1. The Morgan fingerprint density at radius 3 is 2.42 bits per heavy atom. The SMILES string of the molecule is O=c1[nH]c(NCCCN(Cc2ccccc2)c2ccccn2)ncc1Cc1ccc(Cl)cc1. The summed E-state index contributed by atoms with van der Waals surface area (Å²) in [5, 5.41) is 3.90. The van der Waals surface area contributed by atoms with Crippen molar-refractivity contribution in [2.45, 2.75) is 19.4 Å². The summed E-state index contributed by atoms with van der Waals surface area (Å²) in [6.45, 7) is 2.28. The Labute approximate surface area is 198 Å². The predicted octanol–water partition coefficient (Wildman–Crippen LogP) is 4.92. The molecule has 0 radical (unpaired) electrons. The van der Waals surface area contributed by atoms with Crippen LogP contribution < -0.4 is 15.8 Å². The lowest BCUT2D eigenvalue weighted by Gasteiger charge is -2.24. The molecule has 0 amide bonds. The van der Waals surface area contributed by atoms with Gasteiger partial charge in [0.15, 0.2) is 0 Å². The molecule has 0 aliphatic heterocycles. The maximum atomic E-state index is 12.5. The lowest BCUT2D eigenvalue weighted by atomic mass is 10.1. The first-order valence-electron chi connectivity index (χ1n) is 10.9. The third-order valence-electron chi connectivity index (χ3n) is 5.27. The summed E-state index contributed by atoms with van der Waals surface area (Å²) in [6.07, 6.45) is 4.81. The molecule has 33 heavy (non-hydrogen) atoms. The number of pyridine rings is 1. The van der Waals surface area contributed by atoms with Crippen molar-refractivity contribution in [3.8, 4) is 0 Å². The van der Waals surface area contributed by atoms with Gasteiger partial charge in [0.1, 0.15) is 5.82 Å². The van der Waals surface area contributed by atoms with Crippen LogP contribution in [0, 0.1) is 0 Å². The molecule has 168 valence electrons. The van der Waals surface area contributed by atoms with Crippen LogP contribution in [0.25, 0.3) is 0 Å². The van der Waals surface area contributed by atoms with E-state index in [4.69, 9.17) is 11.6 Å². The maximum absolute atomic E-state index is 12.5. The number of aromatic nitrogens is 3. The monoisotopic (exact) mass is 459 g/mol. The zero-order chi connectivity index (χ0) is 22.9. The van der Waals surface area contributed by atoms with Gasteiger partial charge < -0.3 is 10.2 Å². The molecule has 0 spiro atoms. The van der Waals surface area contributed by atoms with Crippen LogP contribution in [0.1, 0.15) is 23.1 Å². The molecule has 2 aromatic heterocycles. The van der Waals surface area contributed by atoms with Gasteiger partial charge in [0.25, 0.3) is 5.56 Å². The van der Waals surface area contributed by atoms with Gasteiger partial charge in [0, 0.05) is 49.0 Å². The molecular formula is C26H26ClN5O. The van der Waals surface area contributed by atoms with Crippen LogP contribution in [0.15, 0.2) is 90.0 Å². The lowest BCUT2D eigenvalue weighted by Crippen LogP contribution is -2.26. The smallest absolute Gasteiger partial charge is 0.255 e. The molecule has 2 aromatic carbocycles. The molecule has 0 unspecified atom stereocenters. The zero-order valence-electron chi connectivity index (χ0n) is 18.2. The molecule has 0 saturated carbocycles. The van der Waals surface area contributed by atoms with Crippen LogP contribution in [0.2, 0.25) is 5.02 Å². The van der Waals surface area contributed by atoms with E-state index in [9.17, 15) is 4.79 Å². The summed E-state index contributed by atoms with van der Waals surface area (Å²) in [5.74, 6) is 1.42. The molecule has 4 aromatic rings. The minimum atomic E-state index is -0.137. The molecule has 2 N–H and O–H groups in total. The Morgan fingerprint density at radius 2 is 1.70 bits per heavy atom. The van der Waals surface area contributed by atoms with Gasteiger partial charge in [-0.05, 0) is 41.8 Å². The van der Waals surface area contributed by atoms with Crippen molar-refractivity contribution in [1.82, 2.24) is 15.0 Å². The van der Waals surface area contributed by atoms with Gasteiger partial charge in [0.05, 0.1) is 0 Å². The van der Waals surface area contributed by atoms with E-state index in [1.807, 2.05) is 66.9 Å². The summed E-state index contributed by atoms with van der Waals surface area (Å²) in [7, 11) is 0. The fourth-order valence-electron chi connectivity index (χ4n) is 3.56. The van der Waals surface area contributed by atoms with Crippen molar-refractivity contribution in [3.63, 3.8) is 0 Å². The molecule has 0 atom stereocenters. The summed E-state index contributed by atoms with van der Waals surface area (Å²) in [4.78, 5) is 26.4. The second-order valence-electron chi connectivity index (χ2n) is 7.76. The van der Waals surface area contributed by atoms with Crippen LogP contribution in [-0.4, -0.2) is 28.0 Å². The average Bonchev–Trinajstić information content (AvgIpc) is 2.85. The second kappa shape index (κ2) is 11.3. The summed E-state index contributed by atoms with van der Waals surface area (Å²) in [6, 6.07) is 23.8. The molecule has 2 heterocycles. The highest BCUT2D eigenvalue weighted by molar-refractivity contribution is 6.30. The minimum Gasteiger partial charge on any atom is -0.356 e. The Balaban J connectivity index is 1.32. The van der Waals surface area contributed by atoms with Gasteiger partial charge in [-0.3, -0.25) is 9.78 Å². The first kappa shape index (κ1) is 22.6. The number of nitrogens with one attached hydrogen (secondary N) is 2. The number of benzene rings is 2. The quantitative estimate of drug-likeness (QED) is 0.329. The number of hydrogen-bond donors (Lipinski definition) is 2. The molecule has 0 bridgehead atoms. The van der Waals surface area contributed by atoms with Gasteiger partial charge in [-0.25, -0.2) is 9.97 Å². The summed E-state index contributed by atoms with van der Waals surface area (Å²) >= 11 is 5.93. The van der Waals surface area contributed by atoms with Crippen molar-refractivity contribution < 1.29 is 0 Å². The number of hydrogen-bond acceptors (Lipinski definition) is 5. The highest BCUT2D eigenvalue weighted by Crippen LogP contribution is 2.15. The molecular weight excluding hydrogens is 434 g/mol. The van der Waals surface area contributed by atoms with Crippen molar-refractivity contribution in [2.75, 3.05) is 23.3 Å². The van der Waals surface area contributed by atoms with Crippen molar-refractivity contribution in [1.29, 1.82) is 0 Å². The number of nitrogens with zero attached hydrogens (tertiary/aromatic N) is 3. The standard InChI is InChI=1S/C26H26ClN5O/c27-23-12-10-20(11-13-23)17-22-18-30-26(31-25(22)33)29-15-6-16-32(24-9-4-5-14-28-24)19-21-7-2-1-3-8-21/h1-5,7-14,18H,6,15-17,19H2,(H2,29,30,31,33). The first-order valence-corrected chi connectivity index (χ1v) is 11.3. The number of rotatable bonds is 10. The maximum Gasteiger partial charge on any atom is 0.255 e. The van der Waals surface area contributed by atoms with Gasteiger partial charge in [0.2, 0.25) is 5.95 Å². The van der Waals surface area contributed by atoms with E-state index < -0.39 is 0 Å². The van der Waals surface area contributed by atoms with E-state index in [1.54, 1.807) is 6.20 Å². The fraction of sp³-hybridized carbons (Fsp3) is 0.192. The molecule has 0 aliphatic rings. The van der Waals surface area contributed by atoms with Gasteiger partial charge in [-0.1, -0.05) is 60.1 Å². The number of halogens is 1. The molecule has 4 rings (SSSR count). The molecule has 0 aliphatic carbocycles. The first-order chi connectivity index (χ1) is 16.2. The predicted molar refractivity (Wildman–Crippen MR) is 134 cm³/mol. The largest absolute Gasteiger partial charge is 0.356 e. The summed E-state index contributed by atoms with van der Waals surface area (Å²) in [5.41, 5.74) is 2.73. The van der Waals surface area contributed by atoms with Crippen LogP contribution >= 0.6 is 11.6 Å². The fourth-order valence-corrected chi connectivity index (χ4v) is 3.68. The van der Waals surface area contributed by atoms with Crippen LogP contribution in [0.5, 0.6) is 0 Å². The van der Waals surface area contributed by atoms with Crippen LogP contribution in [-0.2, 0) is 13.0 Å². The summed E-state index contributed by atoms with van der Waals surface area (Å²) < 4.78 is 0. The van der Waals surface area contributed by atoms with E-state index in [0.717, 1.165) is 30.9 Å². The third kappa shape index (κ3) is 6.67. The van der Waals surface area contributed by atoms with E-state index in [2.05, 4.69) is 37.3 Å². The molecule has 6 nitrogen and oxygen atoms in total. The number of H-pyrrole nitrogens is 1. The normalized spacial score (nSPS) is 10.7. The second-order valence-corrected chi connectivity index (χ2v) is 8.20. The van der Waals surface area contributed by atoms with Crippen molar-refractivity contribution in [3.05, 3.63) is 117 Å². The Hall–Kier alpha value is -3.64. The Kier molecular flexibility index (Phi) is 7.72. The highest BCUT2D eigenvalue weighted by atomic mass is 35.5. The highest BCUT2D eigenvalue weighted by Gasteiger charge is 2.09. The van der Waals surface area contributed by atoms with Gasteiger partial charge >= 0.3 is 0 Å². The molecule has 7 heteroatoms. The molecule has 0 fully saturated rings. The van der Waals surface area contributed by atoms with E-state index in [-0.39, 0.29) is 5.56 Å². The lowest BCUT2D eigenvalue weighted by molar-refractivity contribution is 0.735. The minimum absolute atomic E-state index is 0.137. The zero-order valence-corrected chi connectivity index (χ0v) is 19.0. The van der Waals surface area contributed by atoms with Crippen molar-refractivity contribution >= 4 is 23.4 Å².